The molecule has 1 fully saturated rings. The molecule has 0 saturated heterocycles. The van der Waals surface area contributed by atoms with Gasteiger partial charge in [-0.15, -0.1) is 5.10 Å². The first kappa shape index (κ1) is 17.7. The van der Waals surface area contributed by atoms with Gasteiger partial charge in [0.25, 0.3) is 0 Å². The standard InChI is InChI=1S/C20H22Cl2N4/c1-2-12(3-4-13-7-8-15(21)9-16(13)22)19(14-5-6-14)17-10-18-20(26-25-17)24-11-23-18/h7-12,14,19H,2-6H2,1H3,(H,23,24,26). The lowest BCUT2D eigenvalue weighted by Crippen LogP contribution is -2.17. The van der Waals surface area contributed by atoms with Gasteiger partial charge in [0.05, 0.1) is 17.5 Å². The highest BCUT2D eigenvalue weighted by molar-refractivity contribution is 6.35. The summed E-state index contributed by atoms with van der Waals surface area (Å²) >= 11 is 12.4. The van der Waals surface area contributed by atoms with Crippen LogP contribution in [0.3, 0.4) is 0 Å². The van der Waals surface area contributed by atoms with E-state index in [4.69, 9.17) is 23.2 Å². The number of aromatic amines is 1. The number of aromatic nitrogens is 4. The third-order valence-corrected chi connectivity index (χ3v) is 6.09. The van der Waals surface area contributed by atoms with Crippen LogP contribution in [0.1, 0.15) is 49.8 Å². The van der Waals surface area contributed by atoms with Crippen LogP contribution in [0.4, 0.5) is 0 Å². The van der Waals surface area contributed by atoms with Gasteiger partial charge in [0.2, 0.25) is 0 Å². The van der Waals surface area contributed by atoms with E-state index in [0.717, 1.165) is 41.4 Å². The molecule has 1 N–H and O–H groups in total. The number of imidazole rings is 1. The Morgan fingerprint density at radius 2 is 2.04 bits per heavy atom. The van der Waals surface area contributed by atoms with Crippen LogP contribution >= 0.6 is 23.2 Å². The minimum atomic E-state index is 0.450. The molecule has 4 nitrogen and oxygen atoms in total. The minimum Gasteiger partial charge on any atom is -0.343 e. The number of nitrogens with zero attached hydrogens (tertiary/aromatic N) is 3. The first-order chi connectivity index (χ1) is 12.7. The molecule has 0 bridgehead atoms. The maximum atomic E-state index is 6.36. The molecular weight excluding hydrogens is 367 g/mol. The monoisotopic (exact) mass is 388 g/mol. The van der Waals surface area contributed by atoms with Crippen LogP contribution in [0, 0.1) is 11.8 Å². The van der Waals surface area contributed by atoms with Crippen molar-refractivity contribution in [2.24, 2.45) is 11.8 Å². The van der Waals surface area contributed by atoms with E-state index in [0.29, 0.717) is 22.5 Å². The molecule has 0 aliphatic heterocycles. The number of aryl methyl sites for hydroxylation is 1. The van der Waals surface area contributed by atoms with Gasteiger partial charge < -0.3 is 4.98 Å². The molecule has 6 heteroatoms. The fraction of sp³-hybridized carbons (Fsp3) is 0.450. The van der Waals surface area contributed by atoms with Gasteiger partial charge in [-0.1, -0.05) is 42.6 Å². The Morgan fingerprint density at radius 3 is 2.77 bits per heavy atom. The molecule has 1 saturated carbocycles. The summed E-state index contributed by atoms with van der Waals surface area (Å²) < 4.78 is 0. The number of fused-ring (bicyclic) bond motifs is 1. The molecule has 136 valence electrons. The van der Waals surface area contributed by atoms with Gasteiger partial charge in [-0.25, -0.2) is 4.98 Å². The molecule has 0 radical (unpaired) electrons. The minimum absolute atomic E-state index is 0.450. The summed E-state index contributed by atoms with van der Waals surface area (Å²) in [6, 6.07) is 7.92. The average Bonchev–Trinajstić information content (AvgIpc) is 3.35. The number of halogens is 2. The molecule has 2 heterocycles. The summed E-state index contributed by atoms with van der Waals surface area (Å²) in [5.74, 6) is 1.73. The predicted octanol–water partition coefficient (Wildman–Crippen LogP) is 5.81. The molecule has 4 rings (SSSR count). The highest BCUT2D eigenvalue weighted by atomic mass is 35.5. The summed E-state index contributed by atoms with van der Waals surface area (Å²) in [5, 5.41) is 10.3. The van der Waals surface area contributed by atoms with E-state index < -0.39 is 0 Å². The Morgan fingerprint density at radius 1 is 1.19 bits per heavy atom. The van der Waals surface area contributed by atoms with Crippen LogP contribution in [0.5, 0.6) is 0 Å². The summed E-state index contributed by atoms with van der Waals surface area (Å²) in [6.07, 6.45) is 7.40. The van der Waals surface area contributed by atoms with Gasteiger partial charge >= 0.3 is 0 Å². The van der Waals surface area contributed by atoms with Crippen LogP contribution in [0.15, 0.2) is 30.6 Å². The fourth-order valence-electron chi connectivity index (χ4n) is 3.95. The molecular formula is C20H22Cl2N4. The lowest BCUT2D eigenvalue weighted by atomic mass is 9.80. The van der Waals surface area contributed by atoms with Gasteiger partial charge in [-0.3, -0.25) is 0 Å². The van der Waals surface area contributed by atoms with E-state index in [1.807, 2.05) is 18.2 Å². The largest absolute Gasteiger partial charge is 0.343 e. The molecule has 2 aromatic heterocycles. The highest BCUT2D eigenvalue weighted by Crippen LogP contribution is 2.48. The smallest absolute Gasteiger partial charge is 0.199 e. The van der Waals surface area contributed by atoms with Crippen LogP contribution < -0.4 is 0 Å². The van der Waals surface area contributed by atoms with E-state index in [2.05, 4.69) is 33.2 Å². The topological polar surface area (TPSA) is 54.5 Å². The van der Waals surface area contributed by atoms with Crippen molar-refractivity contribution in [3.63, 3.8) is 0 Å². The lowest BCUT2D eigenvalue weighted by molar-refractivity contribution is 0.345. The second-order valence-electron chi connectivity index (χ2n) is 7.21. The fourth-order valence-corrected chi connectivity index (χ4v) is 4.46. The van der Waals surface area contributed by atoms with Crippen molar-refractivity contribution in [2.45, 2.75) is 44.9 Å². The van der Waals surface area contributed by atoms with E-state index in [-0.39, 0.29) is 0 Å². The lowest BCUT2D eigenvalue weighted by Gasteiger charge is -2.26. The van der Waals surface area contributed by atoms with Gasteiger partial charge in [0.15, 0.2) is 5.65 Å². The summed E-state index contributed by atoms with van der Waals surface area (Å²) in [5.41, 5.74) is 3.91. The van der Waals surface area contributed by atoms with Crippen molar-refractivity contribution in [3.8, 4) is 0 Å². The third kappa shape index (κ3) is 3.72. The second-order valence-corrected chi connectivity index (χ2v) is 8.06. The zero-order chi connectivity index (χ0) is 18.1. The third-order valence-electron chi connectivity index (χ3n) is 5.50. The summed E-state index contributed by atoms with van der Waals surface area (Å²) in [7, 11) is 0. The molecule has 1 aliphatic rings. The quantitative estimate of drug-likeness (QED) is 0.555. The second kappa shape index (κ2) is 7.53. The number of H-pyrrole nitrogens is 1. The Balaban J connectivity index is 1.55. The van der Waals surface area contributed by atoms with Gasteiger partial charge in [0, 0.05) is 16.0 Å². The molecule has 3 aromatic rings. The van der Waals surface area contributed by atoms with Gasteiger partial charge in [-0.2, -0.15) is 5.10 Å². The number of benzene rings is 1. The average molecular weight is 389 g/mol. The first-order valence-corrected chi connectivity index (χ1v) is 10.0. The normalized spacial score (nSPS) is 16.7. The number of hydrogen-bond acceptors (Lipinski definition) is 3. The van der Waals surface area contributed by atoms with Crippen molar-refractivity contribution >= 4 is 34.4 Å². The van der Waals surface area contributed by atoms with Crippen LogP contribution in [-0.2, 0) is 6.42 Å². The molecule has 2 unspecified atom stereocenters. The Labute approximate surface area is 163 Å². The zero-order valence-electron chi connectivity index (χ0n) is 14.8. The van der Waals surface area contributed by atoms with Gasteiger partial charge in [0.1, 0.15) is 0 Å². The SMILES string of the molecule is CCC(CCc1ccc(Cl)cc1Cl)C(c1cc2[nH]cnc2nn1)C1CC1. The van der Waals surface area contributed by atoms with E-state index >= 15 is 0 Å². The van der Waals surface area contributed by atoms with Crippen LogP contribution in [0.25, 0.3) is 11.2 Å². The van der Waals surface area contributed by atoms with Gasteiger partial charge in [-0.05, 0) is 61.3 Å². The van der Waals surface area contributed by atoms with Crippen molar-refractivity contribution in [3.05, 3.63) is 51.9 Å². The van der Waals surface area contributed by atoms with Crippen molar-refractivity contribution in [1.82, 2.24) is 20.2 Å². The Bertz CT molecular complexity index is 904. The molecule has 0 amide bonds. The Hall–Kier alpha value is -1.65. The van der Waals surface area contributed by atoms with Crippen LogP contribution in [0.2, 0.25) is 10.0 Å². The number of rotatable bonds is 7. The first-order valence-electron chi connectivity index (χ1n) is 9.26. The number of hydrogen-bond donors (Lipinski definition) is 1. The van der Waals surface area contributed by atoms with E-state index in [9.17, 15) is 0 Å². The molecule has 0 spiro atoms. The van der Waals surface area contributed by atoms with E-state index in [1.54, 1.807) is 6.33 Å². The Kier molecular flexibility index (Phi) is 5.14. The molecule has 1 aromatic carbocycles. The van der Waals surface area contributed by atoms with E-state index in [1.165, 1.54) is 18.4 Å². The number of nitrogens with one attached hydrogen (secondary N) is 1. The van der Waals surface area contributed by atoms with Crippen molar-refractivity contribution in [2.75, 3.05) is 0 Å². The van der Waals surface area contributed by atoms with Crippen molar-refractivity contribution in [1.29, 1.82) is 0 Å². The summed E-state index contributed by atoms with van der Waals surface area (Å²) in [4.78, 5) is 7.34. The highest BCUT2D eigenvalue weighted by Gasteiger charge is 2.38. The van der Waals surface area contributed by atoms with Crippen molar-refractivity contribution < 1.29 is 0 Å². The molecule has 26 heavy (non-hydrogen) atoms. The molecule has 2 atom stereocenters. The van der Waals surface area contributed by atoms with Crippen LogP contribution in [-0.4, -0.2) is 20.2 Å². The summed E-state index contributed by atoms with van der Waals surface area (Å²) in [6.45, 7) is 2.27. The maximum Gasteiger partial charge on any atom is 0.199 e. The predicted molar refractivity (Wildman–Crippen MR) is 106 cm³/mol. The zero-order valence-corrected chi connectivity index (χ0v) is 16.3. The molecule has 1 aliphatic carbocycles. The maximum absolute atomic E-state index is 6.36.